The fourth-order valence-corrected chi connectivity index (χ4v) is 7.62. The molecule has 2 N–H and O–H groups in total. The molecule has 0 amide bonds. The van der Waals surface area contributed by atoms with Crippen molar-refractivity contribution < 1.29 is 27.7 Å². The van der Waals surface area contributed by atoms with Gasteiger partial charge in [0.1, 0.15) is 4.90 Å². The highest BCUT2D eigenvalue weighted by molar-refractivity contribution is 7.99. The predicted molar refractivity (Wildman–Crippen MR) is 171 cm³/mol. The van der Waals surface area contributed by atoms with Crippen LogP contribution in [0.2, 0.25) is 0 Å². The number of aromatic nitrogens is 2. The zero-order valence-corrected chi connectivity index (χ0v) is 26.2. The highest BCUT2D eigenvalue weighted by Crippen LogP contribution is 2.42. The van der Waals surface area contributed by atoms with Crippen molar-refractivity contribution in [3.63, 3.8) is 0 Å². The lowest BCUT2D eigenvalue weighted by Gasteiger charge is -2.41. The van der Waals surface area contributed by atoms with Crippen LogP contribution in [0.5, 0.6) is 0 Å². The fraction of sp³-hybridized carbons (Fsp3) is 0.235. The Balaban J connectivity index is 1.19. The maximum absolute atomic E-state index is 13.2. The zero-order valence-electron chi connectivity index (χ0n) is 24.5. The van der Waals surface area contributed by atoms with Gasteiger partial charge in [-0.25, -0.2) is 13.1 Å². The lowest BCUT2D eigenvalue weighted by Crippen LogP contribution is -2.39. The molecule has 4 atom stereocenters. The second kappa shape index (κ2) is 13.7. The van der Waals surface area contributed by atoms with Crippen molar-refractivity contribution in [1.29, 1.82) is 0 Å². The van der Waals surface area contributed by atoms with E-state index in [1.165, 1.54) is 18.0 Å². The molecule has 11 heteroatoms. The Labute approximate surface area is 266 Å². The van der Waals surface area contributed by atoms with E-state index >= 15 is 0 Å². The minimum Gasteiger partial charge on any atom is -0.618 e. The van der Waals surface area contributed by atoms with Gasteiger partial charge in [-0.1, -0.05) is 85.4 Å². The highest BCUT2D eigenvalue weighted by Gasteiger charge is 2.38. The smallest absolute Gasteiger partial charge is 0.251 e. The molecule has 6 rings (SSSR count). The Hall–Kier alpha value is -3.84. The summed E-state index contributed by atoms with van der Waals surface area (Å²) >= 11 is 1.44. The first-order valence-electron chi connectivity index (χ1n) is 14.6. The number of fused-ring (bicyclic) bond motifs is 1. The number of hydrogen-bond acceptors (Lipinski definition) is 8. The van der Waals surface area contributed by atoms with Gasteiger partial charge >= 0.3 is 0 Å². The molecule has 5 aromatic rings. The van der Waals surface area contributed by atoms with Crippen molar-refractivity contribution in [3.8, 4) is 0 Å². The number of benzene rings is 3. The summed E-state index contributed by atoms with van der Waals surface area (Å²) in [6, 6.07) is 29.1. The molecule has 9 nitrogen and oxygen atoms in total. The average Bonchev–Trinajstić information content (AvgIpc) is 3.07. The third kappa shape index (κ3) is 7.04. The SMILES string of the molecule is C[C@H]1[C@@H](CSc2cccc[n+]2[O-])OC(c2ccc(CNS(=O)(=O)c3cccc4cccnc34)cc2)O[C@H]1c1ccc(CO)cc1. The van der Waals surface area contributed by atoms with Crippen LogP contribution in [0.1, 0.15) is 41.6 Å². The van der Waals surface area contributed by atoms with E-state index < -0.39 is 16.3 Å². The van der Waals surface area contributed by atoms with Gasteiger partial charge in [-0.3, -0.25) is 4.98 Å². The molecular formula is C34H33N3O6S2. The molecule has 0 spiro atoms. The van der Waals surface area contributed by atoms with Gasteiger partial charge in [-0.2, -0.15) is 4.73 Å². The molecule has 0 aliphatic carbocycles. The van der Waals surface area contributed by atoms with E-state index in [1.807, 2.05) is 66.7 Å². The van der Waals surface area contributed by atoms with Crippen molar-refractivity contribution in [2.45, 2.75) is 48.5 Å². The number of pyridine rings is 2. The van der Waals surface area contributed by atoms with Crippen LogP contribution >= 0.6 is 11.8 Å². The first kappa shape index (κ1) is 31.2. The molecule has 0 bridgehead atoms. The summed E-state index contributed by atoms with van der Waals surface area (Å²) < 4.78 is 42.9. The van der Waals surface area contributed by atoms with E-state index in [4.69, 9.17) is 9.47 Å². The van der Waals surface area contributed by atoms with Crippen LogP contribution in [0.3, 0.4) is 0 Å². The number of aliphatic hydroxyl groups is 1. The molecule has 1 unspecified atom stereocenters. The topological polar surface area (TPSA) is 125 Å². The van der Waals surface area contributed by atoms with Crippen LogP contribution in [-0.4, -0.2) is 30.4 Å². The quantitative estimate of drug-likeness (QED) is 0.117. The molecule has 1 aliphatic heterocycles. The van der Waals surface area contributed by atoms with Crippen LogP contribution in [0, 0.1) is 11.1 Å². The third-order valence-electron chi connectivity index (χ3n) is 7.91. The van der Waals surface area contributed by atoms with Gasteiger partial charge in [0.15, 0.2) is 12.5 Å². The summed E-state index contributed by atoms with van der Waals surface area (Å²) in [7, 11) is -3.81. The zero-order chi connectivity index (χ0) is 31.4. The number of para-hydroxylation sites is 1. The molecular weight excluding hydrogens is 611 g/mol. The number of thioether (sulfide) groups is 1. The largest absolute Gasteiger partial charge is 0.618 e. The van der Waals surface area contributed by atoms with Crippen LogP contribution in [0.25, 0.3) is 10.9 Å². The Morgan fingerprint density at radius 3 is 2.40 bits per heavy atom. The van der Waals surface area contributed by atoms with E-state index in [0.29, 0.717) is 16.3 Å². The number of aliphatic hydroxyl groups excluding tert-OH is 1. The summed E-state index contributed by atoms with van der Waals surface area (Å²) in [5.41, 5.74) is 3.77. The van der Waals surface area contributed by atoms with Crippen LogP contribution in [-0.2, 0) is 32.6 Å². The summed E-state index contributed by atoms with van der Waals surface area (Å²) in [4.78, 5) is 4.41. The summed E-state index contributed by atoms with van der Waals surface area (Å²) in [6.45, 7) is 2.13. The fourth-order valence-electron chi connectivity index (χ4n) is 5.34. The molecule has 45 heavy (non-hydrogen) atoms. The molecule has 0 radical (unpaired) electrons. The lowest BCUT2D eigenvalue weighted by molar-refractivity contribution is -0.645. The third-order valence-corrected chi connectivity index (χ3v) is 10.5. The van der Waals surface area contributed by atoms with E-state index in [9.17, 15) is 18.7 Å². The van der Waals surface area contributed by atoms with Gasteiger partial charge in [0.05, 0.1) is 24.3 Å². The van der Waals surface area contributed by atoms with Gasteiger partial charge in [0.25, 0.3) is 5.03 Å². The van der Waals surface area contributed by atoms with E-state index in [-0.39, 0.29) is 36.2 Å². The maximum Gasteiger partial charge on any atom is 0.251 e. The summed E-state index contributed by atoms with van der Waals surface area (Å²) in [6.07, 6.45) is 1.84. The van der Waals surface area contributed by atoms with Crippen LogP contribution < -0.4 is 9.45 Å². The van der Waals surface area contributed by atoms with E-state index in [2.05, 4.69) is 16.6 Å². The Kier molecular flexibility index (Phi) is 9.45. The van der Waals surface area contributed by atoms with Gasteiger partial charge in [0, 0.05) is 47.5 Å². The van der Waals surface area contributed by atoms with Crippen molar-refractivity contribution in [2.24, 2.45) is 5.92 Å². The van der Waals surface area contributed by atoms with Crippen molar-refractivity contribution in [2.75, 3.05) is 5.75 Å². The second-order valence-electron chi connectivity index (χ2n) is 10.9. The van der Waals surface area contributed by atoms with E-state index in [1.54, 1.807) is 36.5 Å². The molecule has 1 saturated heterocycles. The second-order valence-corrected chi connectivity index (χ2v) is 13.7. The molecule has 3 aromatic carbocycles. The first-order valence-corrected chi connectivity index (χ1v) is 17.0. The van der Waals surface area contributed by atoms with Crippen molar-refractivity contribution in [1.82, 2.24) is 9.71 Å². The maximum atomic E-state index is 13.2. The number of rotatable bonds is 10. The van der Waals surface area contributed by atoms with Crippen LogP contribution in [0.15, 0.2) is 119 Å². The van der Waals surface area contributed by atoms with E-state index in [0.717, 1.165) is 32.4 Å². The van der Waals surface area contributed by atoms with Gasteiger partial charge in [-0.05, 0) is 34.9 Å². The van der Waals surface area contributed by atoms with Gasteiger partial charge in [-0.15, -0.1) is 0 Å². The minimum absolute atomic E-state index is 0.0326. The Morgan fingerprint density at radius 2 is 1.64 bits per heavy atom. The monoisotopic (exact) mass is 643 g/mol. The Bertz CT molecular complexity index is 1860. The molecule has 232 valence electrons. The highest BCUT2D eigenvalue weighted by atomic mass is 32.2. The van der Waals surface area contributed by atoms with Gasteiger partial charge in [0.2, 0.25) is 10.0 Å². The predicted octanol–water partition coefficient (Wildman–Crippen LogP) is 5.42. The first-order chi connectivity index (χ1) is 21.8. The van der Waals surface area contributed by atoms with Crippen molar-refractivity contribution in [3.05, 3.63) is 137 Å². The number of nitrogens with zero attached hydrogens (tertiary/aromatic N) is 2. The summed E-state index contributed by atoms with van der Waals surface area (Å²) in [5.74, 6) is 0.510. The molecule has 1 fully saturated rings. The number of hydrogen-bond donors (Lipinski definition) is 2. The van der Waals surface area contributed by atoms with Gasteiger partial charge < -0.3 is 19.8 Å². The average molecular weight is 644 g/mol. The lowest BCUT2D eigenvalue weighted by atomic mass is 9.91. The van der Waals surface area contributed by atoms with Crippen molar-refractivity contribution >= 4 is 32.7 Å². The molecule has 2 aromatic heterocycles. The molecule has 3 heterocycles. The molecule has 0 saturated carbocycles. The molecule has 1 aliphatic rings. The van der Waals surface area contributed by atoms with Crippen LogP contribution in [0.4, 0.5) is 0 Å². The minimum atomic E-state index is -3.81. The Morgan fingerprint density at radius 1 is 0.911 bits per heavy atom. The standard InChI is InChI=1S/C34H33N3O6S2/c1-23-29(22-44-31-9-2-3-19-37(31)39)42-34(43-33(23)27-14-12-25(21-38)13-15-27)28-16-10-24(11-17-28)20-36-45(40,41)30-8-4-6-26-7-5-18-35-32(26)30/h2-19,23,29,33-34,36,38H,20-22H2,1H3/t23-,29+,33+,34?/m0/s1. The normalized spacial score (nSPS) is 20.3. The summed E-state index contributed by atoms with van der Waals surface area (Å²) in [5, 5.41) is 23.1. The number of sulfonamides is 1. The number of ether oxygens (including phenoxy) is 2. The number of nitrogens with one attached hydrogen (secondary N) is 1.